The molecule has 1 saturated carbocycles. The first-order valence-corrected chi connectivity index (χ1v) is 15.8. The molecule has 3 heterocycles. The average molecular weight is 601 g/mol. The van der Waals surface area contributed by atoms with E-state index >= 15 is 0 Å². The third-order valence-corrected chi connectivity index (χ3v) is 8.41. The predicted molar refractivity (Wildman–Crippen MR) is 159 cm³/mol. The molecule has 0 radical (unpaired) electrons. The molecule has 1 aromatic heterocycles. The topological polar surface area (TPSA) is 156 Å². The lowest BCUT2D eigenvalue weighted by Gasteiger charge is -2.30. The number of carbonyl (C=O) groups is 4. The number of carbonyl (C=O) groups excluding carboxylic acids is 3. The summed E-state index contributed by atoms with van der Waals surface area (Å²) in [6.07, 6.45) is 10.7. The lowest BCUT2D eigenvalue weighted by atomic mass is 10.0. The van der Waals surface area contributed by atoms with Crippen LogP contribution in [0.1, 0.15) is 110 Å². The van der Waals surface area contributed by atoms with E-state index in [1.54, 1.807) is 25.6 Å². The number of aryl methyl sites for hydroxylation is 2. The molecule has 3 amide bonds. The van der Waals surface area contributed by atoms with Gasteiger partial charge in [0.05, 0.1) is 17.4 Å². The van der Waals surface area contributed by atoms with Gasteiger partial charge in [0.15, 0.2) is 0 Å². The van der Waals surface area contributed by atoms with Crippen LogP contribution in [0.3, 0.4) is 0 Å². The molecule has 1 saturated heterocycles. The zero-order valence-corrected chi connectivity index (χ0v) is 26.2. The molecule has 2 fully saturated rings. The maximum Gasteiger partial charge on any atom is 0.408 e. The standard InChI is InChI=1S/C31H48N6O6/c1-6-13-22-23(14-7-2)35-37(34-22)21-17-25-26(38)33-31(28(40)41)18-20(31)15-11-9-8-10-12-16-24(27(39)36(25)19-21)32-29(42)43-30(3,4)5/h11,15,20-21,24-25H,6-10,12-14,16-19H2,1-5H3,(H,32,42)(H,33,38)(H,40,41)/b15-11-/t20-,21-,24-,25-,31+/m0/s1. The number of allylic oxidation sites excluding steroid dienone is 1. The van der Waals surface area contributed by atoms with Crippen LogP contribution in [0.2, 0.25) is 0 Å². The number of carboxylic acids is 1. The second kappa shape index (κ2) is 13.5. The molecule has 238 valence electrons. The number of aliphatic carboxylic acids is 1. The summed E-state index contributed by atoms with van der Waals surface area (Å²) < 4.78 is 5.46. The number of nitrogens with one attached hydrogen (secondary N) is 2. The Morgan fingerprint density at radius 2 is 1.79 bits per heavy atom. The van der Waals surface area contributed by atoms with E-state index in [9.17, 15) is 24.3 Å². The van der Waals surface area contributed by atoms with Gasteiger partial charge in [0.25, 0.3) is 0 Å². The van der Waals surface area contributed by atoms with Crippen LogP contribution in [0.15, 0.2) is 12.2 Å². The fraction of sp³-hybridized carbons (Fsp3) is 0.742. The number of aromatic nitrogens is 3. The molecule has 12 nitrogen and oxygen atoms in total. The smallest absolute Gasteiger partial charge is 0.408 e. The highest BCUT2D eigenvalue weighted by Gasteiger charge is 2.61. The molecule has 5 atom stereocenters. The van der Waals surface area contributed by atoms with Crippen LogP contribution in [-0.4, -0.2) is 78.6 Å². The first kappa shape index (κ1) is 32.5. The third-order valence-electron chi connectivity index (χ3n) is 8.41. The SMILES string of the molecule is CCCc1nn([C@H]2C[C@H]3C(=O)N[C@]4(C(=O)O)C[C@@H]4/C=C\CCCCC[C@H](NC(=O)OC(C)(C)C)C(=O)N3C2)nc1CCC. The minimum Gasteiger partial charge on any atom is -0.479 e. The van der Waals surface area contributed by atoms with Gasteiger partial charge < -0.3 is 25.4 Å². The molecular formula is C31H48N6O6. The summed E-state index contributed by atoms with van der Waals surface area (Å²) in [5, 5.41) is 25.2. The summed E-state index contributed by atoms with van der Waals surface area (Å²) in [6, 6.07) is -2.22. The van der Waals surface area contributed by atoms with Crippen LogP contribution >= 0.6 is 0 Å². The van der Waals surface area contributed by atoms with E-state index in [1.807, 2.05) is 12.2 Å². The number of fused-ring (bicyclic) bond motifs is 2. The Bertz CT molecular complexity index is 1200. The first-order valence-electron chi connectivity index (χ1n) is 15.8. The van der Waals surface area contributed by atoms with Crippen LogP contribution in [0, 0.1) is 5.92 Å². The second-order valence-corrected chi connectivity index (χ2v) is 13.2. The van der Waals surface area contributed by atoms with Crippen LogP contribution in [0.25, 0.3) is 0 Å². The summed E-state index contributed by atoms with van der Waals surface area (Å²) >= 11 is 0. The maximum atomic E-state index is 14.2. The number of hydrogen-bond acceptors (Lipinski definition) is 7. The van der Waals surface area contributed by atoms with Crippen molar-refractivity contribution in [1.29, 1.82) is 0 Å². The monoisotopic (exact) mass is 600 g/mol. The van der Waals surface area contributed by atoms with Crippen molar-refractivity contribution in [1.82, 2.24) is 30.5 Å². The molecule has 0 spiro atoms. The van der Waals surface area contributed by atoms with Crippen molar-refractivity contribution in [2.24, 2.45) is 5.92 Å². The molecule has 0 unspecified atom stereocenters. The number of carboxylic acid groups (broad SMARTS) is 1. The Morgan fingerprint density at radius 3 is 2.40 bits per heavy atom. The van der Waals surface area contributed by atoms with Gasteiger partial charge in [0, 0.05) is 18.9 Å². The highest BCUT2D eigenvalue weighted by molar-refractivity contribution is 5.96. The minimum absolute atomic E-state index is 0.165. The van der Waals surface area contributed by atoms with Crippen molar-refractivity contribution in [2.45, 2.75) is 135 Å². The van der Waals surface area contributed by atoms with Crippen molar-refractivity contribution in [2.75, 3.05) is 6.54 Å². The fourth-order valence-corrected chi connectivity index (χ4v) is 6.11. The van der Waals surface area contributed by atoms with E-state index in [2.05, 4.69) is 24.5 Å². The zero-order chi connectivity index (χ0) is 31.4. The number of hydrogen-bond donors (Lipinski definition) is 3. The lowest BCUT2D eigenvalue weighted by Crippen LogP contribution is -2.56. The molecule has 43 heavy (non-hydrogen) atoms. The van der Waals surface area contributed by atoms with Crippen molar-refractivity contribution >= 4 is 23.9 Å². The van der Waals surface area contributed by atoms with Gasteiger partial charge in [-0.2, -0.15) is 15.0 Å². The average Bonchev–Trinajstić information content (AvgIpc) is 3.24. The normalized spacial score (nSPS) is 29.0. The Hall–Kier alpha value is -3.44. The van der Waals surface area contributed by atoms with E-state index in [1.165, 1.54) is 4.90 Å². The van der Waals surface area contributed by atoms with Crippen LogP contribution in [-0.2, 0) is 32.0 Å². The molecular weight excluding hydrogens is 552 g/mol. The molecule has 1 aliphatic carbocycles. The van der Waals surface area contributed by atoms with Crippen molar-refractivity contribution in [3.63, 3.8) is 0 Å². The summed E-state index contributed by atoms with van der Waals surface area (Å²) in [4.78, 5) is 56.2. The van der Waals surface area contributed by atoms with E-state index in [0.717, 1.165) is 56.3 Å². The molecule has 0 aromatic carbocycles. The molecule has 3 aliphatic rings. The third kappa shape index (κ3) is 7.75. The number of rotatable bonds is 7. The Kier molecular flexibility index (Phi) is 10.2. The van der Waals surface area contributed by atoms with Crippen LogP contribution in [0.4, 0.5) is 4.79 Å². The Balaban J connectivity index is 1.66. The minimum atomic E-state index is -1.39. The van der Waals surface area contributed by atoms with Crippen LogP contribution in [0.5, 0.6) is 0 Å². The predicted octanol–water partition coefficient (Wildman–Crippen LogP) is 3.70. The van der Waals surface area contributed by atoms with E-state index in [-0.39, 0.29) is 24.9 Å². The summed E-state index contributed by atoms with van der Waals surface area (Å²) in [5.41, 5.74) is -0.288. The van der Waals surface area contributed by atoms with E-state index in [0.29, 0.717) is 19.3 Å². The van der Waals surface area contributed by atoms with Gasteiger partial charge in [0.2, 0.25) is 11.8 Å². The summed E-state index contributed by atoms with van der Waals surface area (Å²) in [5.74, 6) is -2.30. The Labute approximate surface area is 254 Å². The van der Waals surface area contributed by atoms with Gasteiger partial charge in [-0.15, -0.1) is 0 Å². The molecule has 4 rings (SSSR count). The number of ether oxygens (including phenoxy) is 1. The van der Waals surface area contributed by atoms with Crippen molar-refractivity contribution in [3.05, 3.63) is 23.5 Å². The molecule has 3 N–H and O–H groups in total. The van der Waals surface area contributed by atoms with Crippen LogP contribution < -0.4 is 10.6 Å². The molecule has 2 aliphatic heterocycles. The lowest BCUT2D eigenvalue weighted by molar-refractivity contribution is -0.145. The fourth-order valence-electron chi connectivity index (χ4n) is 6.11. The van der Waals surface area contributed by atoms with E-state index < -0.39 is 47.1 Å². The number of alkyl carbamates (subject to hydrolysis) is 1. The highest BCUT2D eigenvalue weighted by Crippen LogP contribution is 2.45. The Morgan fingerprint density at radius 1 is 1.12 bits per heavy atom. The van der Waals surface area contributed by atoms with Crippen molar-refractivity contribution in [3.8, 4) is 0 Å². The van der Waals surface area contributed by atoms with Gasteiger partial charge in [0.1, 0.15) is 23.2 Å². The van der Waals surface area contributed by atoms with Gasteiger partial charge in [-0.05, 0) is 59.3 Å². The molecule has 0 bridgehead atoms. The summed E-state index contributed by atoms with van der Waals surface area (Å²) in [7, 11) is 0. The van der Waals surface area contributed by atoms with E-state index in [4.69, 9.17) is 14.9 Å². The van der Waals surface area contributed by atoms with Gasteiger partial charge >= 0.3 is 12.1 Å². The van der Waals surface area contributed by atoms with Gasteiger partial charge in [-0.25, -0.2) is 9.59 Å². The number of amides is 3. The van der Waals surface area contributed by atoms with Crippen molar-refractivity contribution < 1.29 is 29.0 Å². The molecule has 12 heteroatoms. The largest absolute Gasteiger partial charge is 0.479 e. The second-order valence-electron chi connectivity index (χ2n) is 13.2. The van der Waals surface area contributed by atoms with Gasteiger partial charge in [-0.1, -0.05) is 51.7 Å². The zero-order valence-electron chi connectivity index (χ0n) is 26.2. The summed E-state index contributed by atoms with van der Waals surface area (Å²) in [6.45, 7) is 9.59. The maximum absolute atomic E-state index is 14.2. The molecule has 1 aromatic rings. The first-order chi connectivity index (χ1) is 20.4. The van der Waals surface area contributed by atoms with Gasteiger partial charge in [-0.3, -0.25) is 9.59 Å². The number of nitrogens with zero attached hydrogens (tertiary/aromatic N) is 4. The quantitative estimate of drug-likeness (QED) is 0.400. The highest BCUT2D eigenvalue weighted by atomic mass is 16.6.